The van der Waals surface area contributed by atoms with E-state index < -0.39 is 0 Å². The highest BCUT2D eigenvalue weighted by Gasteiger charge is 2.01. The quantitative estimate of drug-likeness (QED) is 0.626. The molecule has 0 nitrogen and oxygen atoms in total. The summed E-state index contributed by atoms with van der Waals surface area (Å²) in [7, 11) is 5.44. The smallest absolute Gasteiger partial charge is 0.0178 e. The Morgan fingerprint density at radius 2 is 0.850 bits per heavy atom. The van der Waals surface area contributed by atoms with Crippen LogP contribution in [0, 0.1) is 0 Å². The minimum atomic E-state index is 1.21. The molecule has 98 valence electrons. The molecule has 0 N–H and O–H groups in total. The first-order chi connectivity index (χ1) is 9.72. The molecule has 20 heavy (non-hydrogen) atoms. The van der Waals surface area contributed by atoms with Crippen LogP contribution in [0.25, 0.3) is 22.3 Å². The molecular weight excluding hydrogens is 278 g/mol. The van der Waals surface area contributed by atoms with Crippen LogP contribution in [0.5, 0.6) is 0 Å². The predicted molar refractivity (Wildman–Crippen MR) is 96.0 cm³/mol. The number of rotatable bonds is 2. The van der Waals surface area contributed by atoms with Gasteiger partial charge in [0.2, 0.25) is 0 Å². The molecule has 3 aromatic carbocycles. The summed E-state index contributed by atoms with van der Waals surface area (Å²) >= 11 is 0. The SMILES string of the molecule is Pc1ccc(-c2cccc(-c3ccc(P)cc3)c2)cc1. The largest absolute Gasteiger partial charge is 0.106 e. The highest BCUT2D eigenvalue weighted by molar-refractivity contribution is 7.27. The summed E-state index contributed by atoms with van der Waals surface area (Å²) in [6.45, 7) is 0. The van der Waals surface area contributed by atoms with E-state index in [-0.39, 0.29) is 0 Å². The lowest BCUT2D eigenvalue weighted by Crippen LogP contribution is -1.89. The molecule has 0 aliphatic heterocycles. The van der Waals surface area contributed by atoms with E-state index in [1.165, 1.54) is 32.9 Å². The van der Waals surface area contributed by atoms with Crippen LogP contribution >= 0.6 is 18.5 Å². The Balaban J connectivity index is 2.01. The first-order valence-corrected chi connectivity index (χ1v) is 7.70. The van der Waals surface area contributed by atoms with Gasteiger partial charge < -0.3 is 0 Å². The zero-order chi connectivity index (χ0) is 13.9. The lowest BCUT2D eigenvalue weighted by atomic mass is 9.99. The van der Waals surface area contributed by atoms with Crippen LogP contribution in [0.1, 0.15) is 0 Å². The maximum absolute atomic E-state index is 2.72. The van der Waals surface area contributed by atoms with Gasteiger partial charge in [0.15, 0.2) is 0 Å². The van der Waals surface area contributed by atoms with Gasteiger partial charge in [-0.1, -0.05) is 66.7 Å². The Hall–Kier alpha value is -1.48. The average molecular weight is 294 g/mol. The van der Waals surface area contributed by atoms with Gasteiger partial charge in [0.05, 0.1) is 0 Å². The van der Waals surface area contributed by atoms with Crippen molar-refractivity contribution < 1.29 is 0 Å². The minimum absolute atomic E-state index is 1.21. The summed E-state index contributed by atoms with van der Waals surface area (Å²) in [5.74, 6) is 0. The Morgan fingerprint density at radius 1 is 0.450 bits per heavy atom. The molecule has 0 heterocycles. The monoisotopic (exact) mass is 294 g/mol. The number of hydrogen-bond donors (Lipinski definition) is 0. The van der Waals surface area contributed by atoms with Crippen molar-refractivity contribution in [2.45, 2.75) is 0 Å². The van der Waals surface area contributed by atoms with E-state index in [9.17, 15) is 0 Å². The fourth-order valence-corrected chi connectivity index (χ4v) is 2.61. The maximum atomic E-state index is 2.72. The summed E-state index contributed by atoms with van der Waals surface area (Å²) < 4.78 is 0. The second-order valence-electron chi connectivity index (χ2n) is 4.82. The van der Waals surface area contributed by atoms with Crippen molar-refractivity contribution in [2.24, 2.45) is 0 Å². The summed E-state index contributed by atoms with van der Waals surface area (Å²) in [5.41, 5.74) is 5.01. The van der Waals surface area contributed by atoms with E-state index in [2.05, 4.69) is 91.3 Å². The van der Waals surface area contributed by atoms with Crippen LogP contribution in [0.3, 0.4) is 0 Å². The Labute approximate surface area is 124 Å². The third-order valence-electron chi connectivity index (χ3n) is 3.35. The van der Waals surface area contributed by atoms with Crippen LogP contribution in [-0.4, -0.2) is 0 Å². The average Bonchev–Trinajstić information content (AvgIpc) is 2.49. The molecule has 2 atom stereocenters. The predicted octanol–water partition coefficient (Wildman–Crippen LogP) is 4.02. The van der Waals surface area contributed by atoms with Gasteiger partial charge in [-0.25, -0.2) is 0 Å². The second kappa shape index (κ2) is 5.88. The zero-order valence-electron chi connectivity index (χ0n) is 11.1. The van der Waals surface area contributed by atoms with Gasteiger partial charge >= 0.3 is 0 Å². The van der Waals surface area contributed by atoms with Crippen LogP contribution in [-0.2, 0) is 0 Å². The molecule has 0 saturated carbocycles. The van der Waals surface area contributed by atoms with Crippen molar-refractivity contribution in [3.05, 3.63) is 72.8 Å². The highest BCUT2D eigenvalue weighted by Crippen LogP contribution is 2.25. The third kappa shape index (κ3) is 2.98. The van der Waals surface area contributed by atoms with E-state index in [0.29, 0.717) is 0 Å². The van der Waals surface area contributed by atoms with Gasteiger partial charge in [0, 0.05) is 0 Å². The maximum Gasteiger partial charge on any atom is -0.0178 e. The fourth-order valence-electron chi connectivity index (χ4n) is 2.23. The molecule has 0 saturated heterocycles. The first kappa shape index (κ1) is 13.5. The highest BCUT2D eigenvalue weighted by atomic mass is 31.0. The van der Waals surface area contributed by atoms with E-state index in [4.69, 9.17) is 0 Å². The van der Waals surface area contributed by atoms with Gasteiger partial charge in [-0.15, -0.1) is 18.5 Å². The summed E-state index contributed by atoms with van der Waals surface area (Å²) in [6, 6.07) is 25.8. The van der Waals surface area contributed by atoms with Crippen LogP contribution < -0.4 is 10.6 Å². The molecule has 0 aromatic heterocycles. The van der Waals surface area contributed by atoms with Gasteiger partial charge in [0.25, 0.3) is 0 Å². The Kier molecular flexibility index (Phi) is 3.97. The van der Waals surface area contributed by atoms with E-state index in [0.717, 1.165) is 0 Å². The fraction of sp³-hybridized carbons (Fsp3) is 0. The molecule has 0 amide bonds. The molecule has 2 heteroatoms. The number of hydrogen-bond acceptors (Lipinski definition) is 0. The van der Waals surface area contributed by atoms with E-state index >= 15 is 0 Å². The molecule has 3 aromatic rings. The number of benzene rings is 3. The molecule has 0 bridgehead atoms. The second-order valence-corrected chi connectivity index (χ2v) is 6.16. The molecule has 0 fully saturated rings. The molecular formula is C18H16P2. The van der Waals surface area contributed by atoms with Crippen LogP contribution in [0.2, 0.25) is 0 Å². The lowest BCUT2D eigenvalue weighted by molar-refractivity contribution is 1.60. The lowest BCUT2D eigenvalue weighted by Gasteiger charge is -2.07. The normalized spacial score (nSPS) is 10.5. The van der Waals surface area contributed by atoms with Crippen molar-refractivity contribution in [2.75, 3.05) is 0 Å². The van der Waals surface area contributed by atoms with Crippen molar-refractivity contribution in [1.82, 2.24) is 0 Å². The molecule has 0 aliphatic carbocycles. The van der Waals surface area contributed by atoms with Gasteiger partial charge in [-0.2, -0.15) is 0 Å². The van der Waals surface area contributed by atoms with Crippen molar-refractivity contribution in [3.8, 4) is 22.3 Å². The Bertz CT molecular complexity index is 652. The van der Waals surface area contributed by atoms with Gasteiger partial charge in [-0.3, -0.25) is 0 Å². The van der Waals surface area contributed by atoms with Gasteiger partial charge in [-0.05, 0) is 38.9 Å². The molecule has 0 spiro atoms. The summed E-state index contributed by atoms with van der Waals surface area (Å²) in [4.78, 5) is 0. The summed E-state index contributed by atoms with van der Waals surface area (Å²) in [5, 5.41) is 2.42. The molecule has 0 radical (unpaired) electrons. The van der Waals surface area contributed by atoms with E-state index in [1.807, 2.05) is 0 Å². The topological polar surface area (TPSA) is 0 Å². The van der Waals surface area contributed by atoms with Crippen LogP contribution in [0.15, 0.2) is 72.8 Å². The zero-order valence-corrected chi connectivity index (χ0v) is 13.4. The minimum Gasteiger partial charge on any atom is -0.106 e. The van der Waals surface area contributed by atoms with Crippen molar-refractivity contribution >= 4 is 29.1 Å². The van der Waals surface area contributed by atoms with E-state index in [1.54, 1.807) is 0 Å². The molecule has 0 aliphatic rings. The standard InChI is InChI=1S/C18H16P2/c19-17-8-4-13(5-9-17)15-2-1-3-16(12-15)14-6-10-18(20)11-7-14/h1-12H,19-20H2. The molecule has 3 rings (SSSR count). The van der Waals surface area contributed by atoms with Gasteiger partial charge in [0.1, 0.15) is 0 Å². The molecule has 2 unspecified atom stereocenters. The van der Waals surface area contributed by atoms with Crippen LogP contribution in [0.4, 0.5) is 0 Å². The third-order valence-corrected chi connectivity index (χ3v) is 4.12. The summed E-state index contributed by atoms with van der Waals surface area (Å²) in [6.07, 6.45) is 0. The Morgan fingerprint density at radius 3 is 1.25 bits per heavy atom. The van der Waals surface area contributed by atoms with Crippen molar-refractivity contribution in [1.29, 1.82) is 0 Å². The first-order valence-electron chi connectivity index (χ1n) is 6.54. The van der Waals surface area contributed by atoms with Crippen molar-refractivity contribution in [3.63, 3.8) is 0 Å².